The molecule has 0 saturated heterocycles. The van der Waals surface area contributed by atoms with E-state index < -0.39 is 0 Å². The molecule has 1 amide bonds. The molecule has 0 radical (unpaired) electrons. The Bertz CT molecular complexity index is 448. The first-order chi connectivity index (χ1) is 9.72. The summed E-state index contributed by atoms with van der Waals surface area (Å²) < 4.78 is 5.88. The predicted molar refractivity (Wildman–Crippen MR) is 79.6 cm³/mol. The first kappa shape index (κ1) is 15.0. The normalized spacial score (nSPS) is 22.6. The molecular formula is C16H24N2O2. The lowest BCUT2D eigenvalue weighted by Gasteiger charge is -2.30. The Labute approximate surface area is 120 Å². The lowest BCUT2D eigenvalue weighted by molar-refractivity contribution is 0.0223. The van der Waals surface area contributed by atoms with Gasteiger partial charge in [0.15, 0.2) is 0 Å². The zero-order valence-corrected chi connectivity index (χ0v) is 11.9. The van der Waals surface area contributed by atoms with Crippen molar-refractivity contribution in [3.8, 4) is 0 Å². The van der Waals surface area contributed by atoms with Crippen LogP contribution >= 0.6 is 0 Å². The highest BCUT2D eigenvalue weighted by molar-refractivity contribution is 5.94. The van der Waals surface area contributed by atoms with Gasteiger partial charge in [0.05, 0.1) is 6.10 Å². The van der Waals surface area contributed by atoms with E-state index in [2.05, 4.69) is 0 Å². The SMILES string of the molecule is NCCCOC1CCCC(c2ccccc2C(N)=O)C1. The van der Waals surface area contributed by atoms with Crippen molar-refractivity contribution in [2.75, 3.05) is 13.2 Å². The fraction of sp³-hybridized carbons (Fsp3) is 0.562. The van der Waals surface area contributed by atoms with Gasteiger partial charge < -0.3 is 16.2 Å². The molecule has 0 aliphatic heterocycles. The second-order valence-corrected chi connectivity index (χ2v) is 5.45. The molecule has 1 fully saturated rings. The minimum atomic E-state index is -0.341. The third kappa shape index (κ3) is 3.81. The molecule has 0 bridgehead atoms. The van der Waals surface area contributed by atoms with Gasteiger partial charge in [0.25, 0.3) is 0 Å². The maximum atomic E-state index is 11.5. The molecule has 110 valence electrons. The largest absolute Gasteiger partial charge is 0.378 e. The van der Waals surface area contributed by atoms with Crippen LogP contribution in [0.3, 0.4) is 0 Å². The van der Waals surface area contributed by atoms with Crippen LogP contribution in [0.1, 0.15) is 53.9 Å². The summed E-state index contributed by atoms with van der Waals surface area (Å²) in [5.74, 6) is 0.0297. The third-order valence-corrected chi connectivity index (χ3v) is 3.99. The molecule has 0 heterocycles. The van der Waals surface area contributed by atoms with Crippen LogP contribution < -0.4 is 11.5 Å². The van der Waals surface area contributed by atoms with E-state index in [1.165, 1.54) is 0 Å². The van der Waals surface area contributed by atoms with Gasteiger partial charge in [-0.05, 0) is 49.8 Å². The van der Waals surface area contributed by atoms with Crippen molar-refractivity contribution >= 4 is 5.91 Å². The number of primary amides is 1. The summed E-state index contributed by atoms with van der Waals surface area (Å²) in [7, 11) is 0. The summed E-state index contributed by atoms with van der Waals surface area (Å²) in [6, 6.07) is 7.67. The van der Waals surface area contributed by atoms with E-state index in [1.807, 2.05) is 24.3 Å². The van der Waals surface area contributed by atoms with Gasteiger partial charge in [0.1, 0.15) is 0 Å². The van der Waals surface area contributed by atoms with Crippen LogP contribution in [0.2, 0.25) is 0 Å². The monoisotopic (exact) mass is 276 g/mol. The Morgan fingerprint density at radius 2 is 2.10 bits per heavy atom. The molecule has 2 atom stereocenters. The average molecular weight is 276 g/mol. The van der Waals surface area contributed by atoms with Crippen LogP contribution in [0, 0.1) is 0 Å². The van der Waals surface area contributed by atoms with Gasteiger partial charge in [0, 0.05) is 12.2 Å². The van der Waals surface area contributed by atoms with E-state index in [9.17, 15) is 4.79 Å². The first-order valence-electron chi connectivity index (χ1n) is 7.42. The summed E-state index contributed by atoms with van der Waals surface area (Å²) in [4.78, 5) is 11.5. The van der Waals surface area contributed by atoms with Crippen LogP contribution in [-0.4, -0.2) is 25.2 Å². The van der Waals surface area contributed by atoms with Crippen LogP contribution in [0.25, 0.3) is 0 Å². The Morgan fingerprint density at radius 3 is 2.85 bits per heavy atom. The predicted octanol–water partition coefficient (Wildman–Crippen LogP) is 2.18. The summed E-state index contributed by atoms with van der Waals surface area (Å²) in [5, 5.41) is 0. The number of nitrogens with two attached hydrogens (primary N) is 2. The molecule has 1 aromatic carbocycles. The van der Waals surface area contributed by atoms with E-state index in [0.717, 1.165) is 44.3 Å². The second-order valence-electron chi connectivity index (χ2n) is 5.45. The molecule has 1 aliphatic carbocycles. The van der Waals surface area contributed by atoms with E-state index in [0.29, 0.717) is 18.0 Å². The zero-order valence-electron chi connectivity index (χ0n) is 11.9. The Kier molecular flexibility index (Phi) is 5.56. The topological polar surface area (TPSA) is 78.3 Å². The fourth-order valence-electron chi connectivity index (χ4n) is 2.99. The number of hydrogen-bond donors (Lipinski definition) is 2. The molecule has 2 unspecified atom stereocenters. The number of rotatable bonds is 6. The van der Waals surface area contributed by atoms with E-state index in [-0.39, 0.29) is 12.0 Å². The van der Waals surface area contributed by atoms with Crippen molar-refractivity contribution in [3.63, 3.8) is 0 Å². The van der Waals surface area contributed by atoms with Gasteiger partial charge >= 0.3 is 0 Å². The van der Waals surface area contributed by atoms with Crippen LogP contribution in [-0.2, 0) is 4.74 Å². The second kappa shape index (κ2) is 7.41. The van der Waals surface area contributed by atoms with Crippen molar-refractivity contribution in [1.29, 1.82) is 0 Å². The standard InChI is InChI=1S/C16H24N2O2/c17-9-4-10-20-13-6-3-5-12(11-13)14-7-1-2-8-15(14)16(18)19/h1-2,7-8,12-13H,3-6,9-11,17H2,(H2,18,19). The zero-order chi connectivity index (χ0) is 14.4. The smallest absolute Gasteiger partial charge is 0.248 e. The van der Waals surface area contributed by atoms with Crippen molar-refractivity contribution in [2.24, 2.45) is 11.5 Å². The highest BCUT2D eigenvalue weighted by Crippen LogP contribution is 2.35. The molecule has 1 aliphatic rings. The first-order valence-corrected chi connectivity index (χ1v) is 7.42. The fourth-order valence-corrected chi connectivity index (χ4v) is 2.99. The van der Waals surface area contributed by atoms with Crippen molar-refractivity contribution in [1.82, 2.24) is 0 Å². The summed E-state index contributed by atoms with van der Waals surface area (Å²) in [5.41, 5.74) is 12.7. The number of carbonyl (C=O) groups excluding carboxylic acids is 1. The van der Waals surface area contributed by atoms with Crippen molar-refractivity contribution < 1.29 is 9.53 Å². The maximum Gasteiger partial charge on any atom is 0.248 e. The van der Waals surface area contributed by atoms with E-state index in [4.69, 9.17) is 16.2 Å². The highest BCUT2D eigenvalue weighted by atomic mass is 16.5. The number of amides is 1. The van der Waals surface area contributed by atoms with E-state index >= 15 is 0 Å². The molecule has 4 heteroatoms. The average Bonchev–Trinajstić information content (AvgIpc) is 2.48. The summed E-state index contributed by atoms with van der Waals surface area (Å²) in [6.07, 6.45) is 5.47. The van der Waals surface area contributed by atoms with Gasteiger partial charge in [-0.2, -0.15) is 0 Å². The van der Waals surface area contributed by atoms with Gasteiger partial charge in [-0.1, -0.05) is 24.6 Å². The molecular weight excluding hydrogens is 252 g/mol. The van der Waals surface area contributed by atoms with Crippen molar-refractivity contribution in [3.05, 3.63) is 35.4 Å². The Morgan fingerprint density at radius 1 is 1.30 bits per heavy atom. The van der Waals surface area contributed by atoms with Gasteiger partial charge in [-0.25, -0.2) is 0 Å². The summed E-state index contributed by atoms with van der Waals surface area (Å²) in [6.45, 7) is 1.39. The Balaban J connectivity index is 2.03. The van der Waals surface area contributed by atoms with Crippen LogP contribution in [0.4, 0.5) is 0 Å². The minimum Gasteiger partial charge on any atom is -0.378 e. The van der Waals surface area contributed by atoms with Gasteiger partial charge in [-0.3, -0.25) is 4.79 Å². The minimum absolute atomic E-state index is 0.279. The van der Waals surface area contributed by atoms with Crippen molar-refractivity contribution in [2.45, 2.75) is 44.1 Å². The number of hydrogen-bond acceptors (Lipinski definition) is 3. The quantitative estimate of drug-likeness (QED) is 0.782. The highest BCUT2D eigenvalue weighted by Gasteiger charge is 2.26. The van der Waals surface area contributed by atoms with E-state index in [1.54, 1.807) is 0 Å². The molecule has 4 nitrogen and oxygen atoms in total. The Hall–Kier alpha value is -1.39. The lowest BCUT2D eigenvalue weighted by Crippen LogP contribution is -2.25. The molecule has 0 spiro atoms. The third-order valence-electron chi connectivity index (χ3n) is 3.99. The maximum absolute atomic E-state index is 11.5. The van der Waals surface area contributed by atoms with Gasteiger partial charge in [-0.15, -0.1) is 0 Å². The number of ether oxygens (including phenoxy) is 1. The molecule has 20 heavy (non-hydrogen) atoms. The number of carbonyl (C=O) groups is 1. The molecule has 1 aromatic rings. The van der Waals surface area contributed by atoms with Crippen LogP contribution in [0.5, 0.6) is 0 Å². The summed E-state index contributed by atoms with van der Waals surface area (Å²) >= 11 is 0. The molecule has 0 aromatic heterocycles. The van der Waals surface area contributed by atoms with Gasteiger partial charge in [0.2, 0.25) is 5.91 Å². The van der Waals surface area contributed by atoms with Crippen LogP contribution in [0.15, 0.2) is 24.3 Å². The number of benzene rings is 1. The molecule has 2 rings (SSSR count). The molecule has 1 saturated carbocycles. The lowest BCUT2D eigenvalue weighted by atomic mass is 9.80. The molecule has 4 N–H and O–H groups in total.